The largest absolute Gasteiger partial charge is 0.481 e. The first-order valence-electron chi connectivity index (χ1n) is 13.7. The number of carboxylic acid groups (broad SMARTS) is 1. The summed E-state index contributed by atoms with van der Waals surface area (Å²) in [6.45, 7) is 7.29. The third kappa shape index (κ3) is 3.67. The molecule has 5 aliphatic rings. The second-order valence-corrected chi connectivity index (χ2v) is 13.3. The van der Waals surface area contributed by atoms with Crippen LogP contribution in [0.1, 0.15) is 97.8 Å². The molecule has 0 saturated heterocycles. The average Bonchev–Trinajstić information content (AvgIpc) is 3.49. The zero-order valence-corrected chi connectivity index (χ0v) is 20.5. The monoisotopic (exact) mass is 446 g/mol. The molecule has 32 heavy (non-hydrogen) atoms. The molecule has 0 spiro atoms. The maximum Gasteiger partial charge on any atom is 0.303 e. The second kappa shape index (κ2) is 8.26. The zero-order valence-electron chi connectivity index (χ0n) is 20.5. The van der Waals surface area contributed by atoms with Crippen LogP contribution in [0.2, 0.25) is 0 Å². The van der Waals surface area contributed by atoms with Gasteiger partial charge in [-0.3, -0.25) is 4.79 Å². The van der Waals surface area contributed by atoms with E-state index < -0.39 is 5.97 Å². The van der Waals surface area contributed by atoms with E-state index in [4.69, 9.17) is 0 Å². The Morgan fingerprint density at radius 1 is 0.938 bits per heavy atom. The van der Waals surface area contributed by atoms with Gasteiger partial charge in [-0.1, -0.05) is 33.6 Å². The van der Waals surface area contributed by atoms with Crippen LogP contribution in [-0.2, 0) is 4.79 Å². The number of rotatable bonds is 6. The maximum absolute atomic E-state index is 12.0. The fraction of sp³-hybridized carbons (Fsp3) is 0.964. The molecule has 0 bridgehead atoms. The molecule has 0 amide bonds. The van der Waals surface area contributed by atoms with E-state index in [1.54, 1.807) is 0 Å². The molecule has 0 aromatic rings. The van der Waals surface area contributed by atoms with Crippen LogP contribution in [0.5, 0.6) is 0 Å². The molecular formula is C28H46O4. The lowest BCUT2D eigenvalue weighted by Gasteiger charge is -2.65. The van der Waals surface area contributed by atoms with Crippen molar-refractivity contribution in [1.82, 2.24) is 0 Å². The molecule has 4 nitrogen and oxygen atoms in total. The molecule has 5 rings (SSSR count). The predicted molar refractivity (Wildman–Crippen MR) is 125 cm³/mol. The fourth-order valence-electron chi connectivity index (χ4n) is 10.0. The Morgan fingerprint density at radius 3 is 2.31 bits per heavy atom. The molecular weight excluding hydrogens is 400 g/mol. The molecule has 0 radical (unpaired) electrons. The normalized spacial score (nSPS) is 51.4. The Balaban J connectivity index is 1.43. The molecule has 0 aromatic heterocycles. The first-order chi connectivity index (χ1) is 15.1. The number of aliphatic hydroxyl groups is 2. The summed E-state index contributed by atoms with van der Waals surface area (Å²) in [7, 11) is 0. The fourth-order valence-corrected chi connectivity index (χ4v) is 10.0. The minimum atomic E-state index is -0.677. The number of hydrogen-bond acceptors (Lipinski definition) is 3. The molecule has 0 heterocycles. The van der Waals surface area contributed by atoms with Gasteiger partial charge < -0.3 is 15.3 Å². The summed E-state index contributed by atoms with van der Waals surface area (Å²) in [6.07, 6.45) is 12.3. The van der Waals surface area contributed by atoms with E-state index in [0.29, 0.717) is 41.4 Å². The standard InChI is InChI=1S/C28H46O4/c1-16(4-9-24(30)31)20-7-8-21-25-22(11-13-27(20,21)2)28(3)12-10-18(29)15-23(28)19(26(25)32)14-17-5-6-17/h16-23,25-26,29,32H,4-15H2,1-3H3,(H,30,31)/t16-,18-,19-,20?,21?,22?,23+,25+,26-,27-,28-/m1/s1. The SMILES string of the molecule is C[C@H](CCC(=O)O)C1CCC2[C@H]3C(CC[C@@]21C)[C@@]1(C)CC[C@@H](O)C[C@H]1[C@@H](CC1CC1)[C@H]3O. The third-order valence-electron chi connectivity index (χ3n) is 11.8. The second-order valence-electron chi connectivity index (χ2n) is 13.3. The zero-order chi connectivity index (χ0) is 22.8. The Kier molecular flexibility index (Phi) is 5.97. The van der Waals surface area contributed by atoms with E-state index in [2.05, 4.69) is 20.8 Å². The summed E-state index contributed by atoms with van der Waals surface area (Å²) in [6, 6.07) is 0. The van der Waals surface area contributed by atoms with Gasteiger partial charge in [0.2, 0.25) is 0 Å². The van der Waals surface area contributed by atoms with Crippen molar-refractivity contribution in [3.8, 4) is 0 Å². The highest BCUT2D eigenvalue weighted by molar-refractivity contribution is 5.66. The van der Waals surface area contributed by atoms with Crippen molar-refractivity contribution in [2.45, 2.75) is 110 Å². The molecule has 182 valence electrons. The van der Waals surface area contributed by atoms with Gasteiger partial charge in [0.05, 0.1) is 12.2 Å². The number of fused-ring (bicyclic) bond motifs is 5. The maximum atomic E-state index is 12.0. The molecule has 5 saturated carbocycles. The van der Waals surface area contributed by atoms with Gasteiger partial charge in [0.25, 0.3) is 0 Å². The van der Waals surface area contributed by atoms with Crippen LogP contribution in [0.4, 0.5) is 0 Å². The molecule has 0 aromatic carbocycles. The number of hydrogen-bond donors (Lipinski definition) is 3. The van der Waals surface area contributed by atoms with E-state index in [9.17, 15) is 20.1 Å². The smallest absolute Gasteiger partial charge is 0.303 e. The number of carboxylic acids is 1. The van der Waals surface area contributed by atoms with Crippen molar-refractivity contribution >= 4 is 5.97 Å². The minimum absolute atomic E-state index is 0.182. The molecule has 11 atom stereocenters. The van der Waals surface area contributed by atoms with Crippen LogP contribution in [0.15, 0.2) is 0 Å². The predicted octanol–water partition coefficient (Wildman–Crippen LogP) is 5.50. The van der Waals surface area contributed by atoms with Gasteiger partial charge in [-0.05, 0) is 116 Å². The van der Waals surface area contributed by atoms with Crippen molar-refractivity contribution in [1.29, 1.82) is 0 Å². The Bertz CT molecular complexity index is 718. The van der Waals surface area contributed by atoms with Crippen molar-refractivity contribution < 1.29 is 20.1 Å². The van der Waals surface area contributed by atoms with Crippen LogP contribution in [-0.4, -0.2) is 33.5 Å². The van der Waals surface area contributed by atoms with Crippen LogP contribution in [0.3, 0.4) is 0 Å². The van der Waals surface area contributed by atoms with Crippen LogP contribution in [0.25, 0.3) is 0 Å². The number of carbonyl (C=O) groups is 1. The molecule has 5 fully saturated rings. The van der Waals surface area contributed by atoms with Crippen molar-refractivity contribution in [3.63, 3.8) is 0 Å². The quantitative estimate of drug-likeness (QED) is 0.503. The van der Waals surface area contributed by atoms with E-state index in [-0.39, 0.29) is 29.5 Å². The van der Waals surface area contributed by atoms with Gasteiger partial charge in [-0.2, -0.15) is 0 Å². The Morgan fingerprint density at radius 2 is 1.62 bits per heavy atom. The summed E-state index contributed by atoms with van der Waals surface area (Å²) >= 11 is 0. The van der Waals surface area contributed by atoms with E-state index in [1.807, 2.05) is 0 Å². The highest BCUT2D eigenvalue weighted by Gasteiger charge is 2.65. The van der Waals surface area contributed by atoms with Gasteiger partial charge in [0.1, 0.15) is 0 Å². The summed E-state index contributed by atoms with van der Waals surface area (Å²) in [5, 5.41) is 31.8. The molecule has 0 aliphatic heterocycles. The van der Waals surface area contributed by atoms with Gasteiger partial charge >= 0.3 is 5.97 Å². The highest BCUT2D eigenvalue weighted by atomic mass is 16.4. The first kappa shape index (κ1) is 23.1. The summed E-state index contributed by atoms with van der Waals surface area (Å²) in [4.78, 5) is 11.2. The van der Waals surface area contributed by atoms with Crippen LogP contribution in [0, 0.1) is 58.2 Å². The van der Waals surface area contributed by atoms with E-state index in [1.165, 1.54) is 44.9 Å². The van der Waals surface area contributed by atoms with Gasteiger partial charge in [0.15, 0.2) is 0 Å². The molecule has 5 aliphatic carbocycles. The minimum Gasteiger partial charge on any atom is -0.481 e. The molecule has 4 heteroatoms. The average molecular weight is 447 g/mol. The van der Waals surface area contributed by atoms with Crippen molar-refractivity contribution in [2.75, 3.05) is 0 Å². The molecule has 3 N–H and O–H groups in total. The van der Waals surface area contributed by atoms with E-state index in [0.717, 1.165) is 31.6 Å². The molecule has 3 unspecified atom stereocenters. The van der Waals surface area contributed by atoms with Crippen LogP contribution < -0.4 is 0 Å². The van der Waals surface area contributed by atoms with Gasteiger partial charge in [-0.15, -0.1) is 0 Å². The van der Waals surface area contributed by atoms with E-state index >= 15 is 0 Å². The van der Waals surface area contributed by atoms with Crippen molar-refractivity contribution in [3.05, 3.63) is 0 Å². The van der Waals surface area contributed by atoms with Crippen molar-refractivity contribution in [2.24, 2.45) is 58.2 Å². The Labute approximate surface area is 194 Å². The van der Waals surface area contributed by atoms with Crippen LogP contribution >= 0.6 is 0 Å². The summed E-state index contributed by atoms with van der Waals surface area (Å²) in [5.41, 5.74) is 0.499. The highest BCUT2D eigenvalue weighted by Crippen LogP contribution is 2.70. The lowest BCUT2D eigenvalue weighted by atomic mass is 9.41. The third-order valence-corrected chi connectivity index (χ3v) is 11.8. The summed E-state index contributed by atoms with van der Waals surface area (Å²) < 4.78 is 0. The lowest BCUT2D eigenvalue weighted by Crippen LogP contribution is -2.62. The lowest BCUT2D eigenvalue weighted by molar-refractivity contribution is -0.204. The number of aliphatic carboxylic acids is 1. The number of aliphatic hydroxyl groups excluding tert-OH is 2. The topological polar surface area (TPSA) is 77.8 Å². The summed E-state index contributed by atoms with van der Waals surface area (Å²) in [5.74, 6) is 3.52. The first-order valence-corrected chi connectivity index (χ1v) is 13.7. The Hall–Kier alpha value is -0.610. The van der Waals surface area contributed by atoms with Gasteiger partial charge in [-0.25, -0.2) is 0 Å². The van der Waals surface area contributed by atoms with Gasteiger partial charge in [0, 0.05) is 6.42 Å².